The number of amides is 1. The molecule has 0 aliphatic carbocycles. The Morgan fingerprint density at radius 2 is 1.90 bits per heavy atom. The van der Waals surface area contributed by atoms with Gasteiger partial charge in [-0.15, -0.1) is 0 Å². The lowest BCUT2D eigenvalue weighted by Gasteiger charge is -2.09. The third-order valence-electron chi connectivity index (χ3n) is 3.17. The molecule has 0 bridgehead atoms. The Labute approximate surface area is 133 Å². The van der Waals surface area contributed by atoms with Gasteiger partial charge in [0, 0.05) is 10.2 Å². The van der Waals surface area contributed by atoms with Gasteiger partial charge in [0.25, 0.3) is 5.91 Å². The van der Waals surface area contributed by atoms with Crippen LogP contribution >= 0.6 is 15.9 Å². The van der Waals surface area contributed by atoms with Crippen molar-refractivity contribution >= 4 is 27.5 Å². The highest BCUT2D eigenvalue weighted by Crippen LogP contribution is 2.23. The maximum absolute atomic E-state index is 12.3. The van der Waals surface area contributed by atoms with Crippen molar-refractivity contribution in [3.63, 3.8) is 0 Å². The van der Waals surface area contributed by atoms with Gasteiger partial charge in [-0.1, -0.05) is 25.5 Å². The van der Waals surface area contributed by atoms with E-state index in [2.05, 4.69) is 28.2 Å². The Balaban J connectivity index is 2.14. The first-order valence-corrected chi connectivity index (χ1v) is 7.67. The number of benzene rings is 2. The summed E-state index contributed by atoms with van der Waals surface area (Å²) in [4.78, 5) is 12.3. The second-order valence-electron chi connectivity index (χ2n) is 4.75. The van der Waals surface area contributed by atoms with Crippen LogP contribution in [0.2, 0.25) is 0 Å². The number of hydrogen-bond donors (Lipinski definition) is 1. The molecule has 2 aromatic carbocycles. The average Bonchev–Trinajstić information content (AvgIpc) is 2.50. The number of anilines is 1. The van der Waals surface area contributed by atoms with Crippen molar-refractivity contribution in [2.75, 3.05) is 12.4 Å². The number of aryl methyl sites for hydroxylation is 1. The van der Waals surface area contributed by atoms with Crippen molar-refractivity contribution in [1.82, 2.24) is 0 Å². The third-order valence-corrected chi connectivity index (χ3v) is 3.86. The fraction of sp³-hybridized carbons (Fsp3) is 0.235. The van der Waals surface area contributed by atoms with Crippen molar-refractivity contribution in [3.8, 4) is 5.75 Å². The predicted molar refractivity (Wildman–Crippen MR) is 89.1 cm³/mol. The normalized spacial score (nSPS) is 10.2. The summed E-state index contributed by atoms with van der Waals surface area (Å²) in [6.45, 7) is 2.15. The number of methoxy groups -OCH3 is 1. The Kier molecular flexibility index (Phi) is 5.39. The molecule has 0 aromatic heterocycles. The van der Waals surface area contributed by atoms with E-state index in [1.165, 1.54) is 5.56 Å². The van der Waals surface area contributed by atoms with Gasteiger partial charge in [0.1, 0.15) is 5.75 Å². The summed E-state index contributed by atoms with van der Waals surface area (Å²) in [5, 5.41) is 2.90. The highest BCUT2D eigenvalue weighted by molar-refractivity contribution is 9.10. The van der Waals surface area contributed by atoms with Crippen LogP contribution in [0.15, 0.2) is 46.9 Å². The Morgan fingerprint density at radius 3 is 2.52 bits per heavy atom. The fourth-order valence-corrected chi connectivity index (χ4v) is 2.47. The second kappa shape index (κ2) is 7.27. The molecule has 4 heteroatoms. The highest BCUT2D eigenvalue weighted by atomic mass is 79.9. The zero-order valence-electron chi connectivity index (χ0n) is 12.2. The van der Waals surface area contributed by atoms with E-state index in [-0.39, 0.29) is 5.91 Å². The van der Waals surface area contributed by atoms with Crippen LogP contribution in [0.5, 0.6) is 5.75 Å². The van der Waals surface area contributed by atoms with Crippen LogP contribution in [0.4, 0.5) is 5.69 Å². The van der Waals surface area contributed by atoms with Crippen molar-refractivity contribution in [2.45, 2.75) is 19.8 Å². The summed E-state index contributed by atoms with van der Waals surface area (Å²) in [5.74, 6) is 0.491. The summed E-state index contributed by atoms with van der Waals surface area (Å²) in [5.41, 5.74) is 2.61. The predicted octanol–water partition coefficient (Wildman–Crippen LogP) is 4.66. The molecule has 3 nitrogen and oxygen atoms in total. The van der Waals surface area contributed by atoms with Crippen LogP contribution < -0.4 is 10.1 Å². The van der Waals surface area contributed by atoms with E-state index in [1.54, 1.807) is 25.3 Å². The molecule has 0 heterocycles. The molecule has 1 amide bonds. The highest BCUT2D eigenvalue weighted by Gasteiger charge is 2.11. The van der Waals surface area contributed by atoms with Gasteiger partial charge in [0.05, 0.1) is 12.7 Å². The minimum atomic E-state index is -0.163. The number of rotatable bonds is 5. The van der Waals surface area contributed by atoms with Gasteiger partial charge in [-0.3, -0.25) is 4.79 Å². The topological polar surface area (TPSA) is 38.3 Å². The lowest BCUT2D eigenvalue weighted by Crippen LogP contribution is -2.12. The van der Waals surface area contributed by atoms with Crippen LogP contribution in [-0.4, -0.2) is 13.0 Å². The first-order chi connectivity index (χ1) is 10.1. The van der Waals surface area contributed by atoms with Crippen molar-refractivity contribution in [2.24, 2.45) is 0 Å². The number of hydrogen-bond acceptors (Lipinski definition) is 2. The Morgan fingerprint density at radius 1 is 1.19 bits per heavy atom. The first-order valence-electron chi connectivity index (χ1n) is 6.88. The standard InChI is InChI=1S/C17H18BrNO2/c1-3-4-12-5-7-13(8-6-12)19-17(20)15-11-14(21-2)9-10-16(15)18/h5-11H,3-4H2,1-2H3,(H,19,20). The number of halogens is 1. The van der Waals surface area contributed by atoms with Crippen LogP contribution in [-0.2, 0) is 6.42 Å². The molecular weight excluding hydrogens is 330 g/mol. The Hall–Kier alpha value is -1.81. The summed E-state index contributed by atoms with van der Waals surface area (Å²) in [6.07, 6.45) is 2.16. The average molecular weight is 348 g/mol. The zero-order chi connectivity index (χ0) is 15.2. The molecular formula is C17H18BrNO2. The smallest absolute Gasteiger partial charge is 0.256 e. The van der Waals surface area contributed by atoms with Crippen molar-refractivity contribution in [3.05, 3.63) is 58.1 Å². The van der Waals surface area contributed by atoms with Gasteiger partial charge in [-0.25, -0.2) is 0 Å². The maximum atomic E-state index is 12.3. The lowest BCUT2D eigenvalue weighted by molar-refractivity contribution is 0.102. The third kappa shape index (κ3) is 4.08. The zero-order valence-corrected chi connectivity index (χ0v) is 13.7. The molecule has 0 saturated carbocycles. The summed E-state index contributed by atoms with van der Waals surface area (Å²) in [7, 11) is 1.58. The molecule has 0 unspecified atom stereocenters. The van der Waals surface area contributed by atoms with Gasteiger partial charge in [0.15, 0.2) is 0 Å². The molecule has 110 valence electrons. The number of carbonyl (C=O) groups excluding carboxylic acids is 1. The molecule has 0 spiro atoms. The molecule has 21 heavy (non-hydrogen) atoms. The van der Waals surface area contributed by atoms with Gasteiger partial charge < -0.3 is 10.1 Å². The fourth-order valence-electron chi connectivity index (χ4n) is 2.05. The van der Waals surface area contributed by atoms with E-state index in [1.807, 2.05) is 24.3 Å². The van der Waals surface area contributed by atoms with E-state index in [9.17, 15) is 4.79 Å². The largest absolute Gasteiger partial charge is 0.497 e. The van der Waals surface area contributed by atoms with Crippen molar-refractivity contribution < 1.29 is 9.53 Å². The van der Waals surface area contributed by atoms with Gasteiger partial charge >= 0.3 is 0 Å². The van der Waals surface area contributed by atoms with E-state index in [0.717, 1.165) is 23.0 Å². The number of carbonyl (C=O) groups is 1. The first kappa shape index (κ1) is 15.6. The molecule has 0 radical (unpaired) electrons. The van der Waals surface area contributed by atoms with Crippen LogP contribution in [0.25, 0.3) is 0 Å². The van der Waals surface area contributed by atoms with E-state index >= 15 is 0 Å². The maximum Gasteiger partial charge on any atom is 0.256 e. The summed E-state index contributed by atoms with van der Waals surface area (Å²) in [6, 6.07) is 13.3. The number of nitrogens with one attached hydrogen (secondary N) is 1. The van der Waals surface area contributed by atoms with Crippen LogP contribution in [0, 0.1) is 0 Å². The van der Waals surface area contributed by atoms with Gasteiger partial charge in [-0.05, 0) is 58.2 Å². The molecule has 0 aliphatic heterocycles. The molecule has 1 N–H and O–H groups in total. The van der Waals surface area contributed by atoms with E-state index in [0.29, 0.717) is 11.3 Å². The molecule has 0 saturated heterocycles. The van der Waals surface area contributed by atoms with Gasteiger partial charge in [-0.2, -0.15) is 0 Å². The van der Waals surface area contributed by atoms with Crippen LogP contribution in [0.3, 0.4) is 0 Å². The minimum absolute atomic E-state index is 0.163. The SMILES string of the molecule is CCCc1ccc(NC(=O)c2cc(OC)ccc2Br)cc1. The quantitative estimate of drug-likeness (QED) is 0.853. The monoisotopic (exact) mass is 347 g/mol. The molecule has 2 rings (SSSR count). The molecule has 0 aliphatic rings. The molecule has 2 aromatic rings. The molecule has 0 atom stereocenters. The summed E-state index contributed by atoms with van der Waals surface area (Å²) >= 11 is 3.39. The van der Waals surface area contributed by atoms with E-state index < -0.39 is 0 Å². The van der Waals surface area contributed by atoms with Crippen molar-refractivity contribution in [1.29, 1.82) is 0 Å². The van der Waals surface area contributed by atoms with Gasteiger partial charge in [0.2, 0.25) is 0 Å². The Bertz CT molecular complexity index is 623. The van der Waals surface area contributed by atoms with Crippen LogP contribution in [0.1, 0.15) is 29.3 Å². The minimum Gasteiger partial charge on any atom is -0.497 e. The molecule has 0 fully saturated rings. The summed E-state index contributed by atoms with van der Waals surface area (Å²) < 4.78 is 5.89. The lowest BCUT2D eigenvalue weighted by atomic mass is 10.1. The number of ether oxygens (including phenoxy) is 1. The second-order valence-corrected chi connectivity index (χ2v) is 5.60. The van der Waals surface area contributed by atoms with E-state index in [4.69, 9.17) is 4.74 Å².